The molecule has 6 heteroatoms. The number of likely N-dealkylation sites (N-methyl/N-ethyl adjacent to an activating group) is 1. The number of hydrogen-bond acceptors (Lipinski definition) is 3. The fourth-order valence-corrected chi connectivity index (χ4v) is 3.67. The van der Waals surface area contributed by atoms with Crippen LogP contribution < -0.4 is 0 Å². The summed E-state index contributed by atoms with van der Waals surface area (Å²) >= 11 is 0. The van der Waals surface area contributed by atoms with Gasteiger partial charge in [0.25, 0.3) is 0 Å². The molecule has 2 fully saturated rings. The first-order valence-corrected chi connectivity index (χ1v) is 7.84. The van der Waals surface area contributed by atoms with E-state index < -0.39 is 5.97 Å². The molecule has 21 heavy (non-hydrogen) atoms. The number of urea groups is 1. The molecule has 6 nitrogen and oxygen atoms in total. The molecule has 0 aromatic rings. The molecule has 1 saturated carbocycles. The number of hydrogen-bond donors (Lipinski definition) is 1. The van der Waals surface area contributed by atoms with Crippen LogP contribution in [0.5, 0.6) is 0 Å². The fourth-order valence-electron chi connectivity index (χ4n) is 3.67. The Bertz CT molecular complexity index is 394. The lowest BCUT2D eigenvalue weighted by molar-refractivity contribution is -0.138. The van der Waals surface area contributed by atoms with Crippen molar-refractivity contribution in [1.29, 1.82) is 0 Å². The van der Waals surface area contributed by atoms with E-state index >= 15 is 0 Å². The van der Waals surface area contributed by atoms with Crippen molar-refractivity contribution in [3.63, 3.8) is 0 Å². The van der Waals surface area contributed by atoms with Gasteiger partial charge in [-0.05, 0) is 32.9 Å². The van der Waals surface area contributed by atoms with Crippen LogP contribution in [0.1, 0.15) is 32.6 Å². The molecule has 1 aliphatic heterocycles. The van der Waals surface area contributed by atoms with Gasteiger partial charge in [-0.1, -0.05) is 19.8 Å². The molecule has 0 spiro atoms. The van der Waals surface area contributed by atoms with E-state index in [9.17, 15) is 9.59 Å². The predicted molar refractivity (Wildman–Crippen MR) is 80.2 cm³/mol. The van der Waals surface area contributed by atoms with Gasteiger partial charge >= 0.3 is 12.0 Å². The Morgan fingerprint density at radius 1 is 1.19 bits per heavy atom. The van der Waals surface area contributed by atoms with Crippen molar-refractivity contribution in [3.8, 4) is 0 Å². The molecule has 1 aliphatic carbocycles. The van der Waals surface area contributed by atoms with Crippen molar-refractivity contribution in [2.45, 2.75) is 44.7 Å². The van der Waals surface area contributed by atoms with Gasteiger partial charge in [0.1, 0.15) is 6.54 Å². The van der Waals surface area contributed by atoms with Crippen LogP contribution in [-0.4, -0.2) is 77.6 Å². The smallest absolute Gasteiger partial charge is 0.323 e. The predicted octanol–water partition coefficient (Wildman–Crippen LogP) is 1.32. The van der Waals surface area contributed by atoms with Gasteiger partial charge in [-0.3, -0.25) is 4.79 Å². The lowest BCUT2D eigenvalue weighted by atomic mass is 10.1. The van der Waals surface area contributed by atoms with Gasteiger partial charge < -0.3 is 19.8 Å². The topological polar surface area (TPSA) is 64.1 Å². The second kappa shape index (κ2) is 6.64. The van der Waals surface area contributed by atoms with Crippen molar-refractivity contribution >= 4 is 12.0 Å². The van der Waals surface area contributed by atoms with Gasteiger partial charge in [-0.2, -0.15) is 0 Å². The Balaban J connectivity index is 2.06. The molecule has 0 aromatic carbocycles. The second-order valence-corrected chi connectivity index (χ2v) is 6.66. The summed E-state index contributed by atoms with van der Waals surface area (Å²) in [6.45, 7) is 3.37. The number of aliphatic carboxylic acids is 1. The molecule has 0 bridgehead atoms. The first kappa shape index (κ1) is 16.1. The highest BCUT2D eigenvalue weighted by Gasteiger charge is 2.38. The third-order valence-electron chi connectivity index (χ3n) is 4.82. The summed E-state index contributed by atoms with van der Waals surface area (Å²) in [5.41, 5.74) is 0. The number of rotatable bonds is 4. The number of likely N-dealkylation sites (tertiary alicyclic amines) is 1. The van der Waals surface area contributed by atoms with E-state index in [-0.39, 0.29) is 18.6 Å². The Kier molecular flexibility index (Phi) is 5.08. The van der Waals surface area contributed by atoms with Crippen LogP contribution in [0, 0.1) is 5.92 Å². The van der Waals surface area contributed by atoms with E-state index in [1.165, 1.54) is 0 Å². The van der Waals surface area contributed by atoms with Crippen molar-refractivity contribution in [1.82, 2.24) is 14.7 Å². The average Bonchev–Trinajstić information content (AvgIpc) is 3.03. The lowest BCUT2D eigenvalue weighted by Gasteiger charge is -2.32. The third kappa shape index (κ3) is 3.67. The van der Waals surface area contributed by atoms with Crippen LogP contribution in [0.3, 0.4) is 0 Å². The standard InChI is InChI=1S/C15H27N3O3/c1-11-8-17(9-13(11)16(2)3)15(21)18(10-14(19)20)12-6-4-5-7-12/h11-13H,4-10H2,1-3H3,(H,19,20). The third-order valence-corrected chi connectivity index (χ3v) is 4.82. The molecule has 1 saturated heterocycles. The van der Waals surface area contributed by atoms with E-state index in [1.54, 1.807) is 4.90 Å². The molecule has 2 rings (SSSR count). The minimum absolute atomic E-state index is 0.0968. The molecule has 0 radical (unpaired) electrons. The highest BCUT2D eigenvalue weighted by molar-refractivity contribution is 5.80. The zero-order chi connectivity index (χ0) is 15.6. The van der Waals surface area contributed by atoms with Gasteiger partial charge in [-0.25, -0.2) is 4.79 Å². The van der Waals surface area contributed by atoms with E-state index in [2.05, 4.69) is 11.8 Å². The molecular formula is C15H27N3O3. The van der Waals surface area contributed by atoms with E-state index in [0.717, 1.165) is 25.7 Å². The fraction of sp³-hybridized carbons (Fsp3) is 0.867. The maximum Gasteiger partial charge on any atom is 0.323 e. The SMILES string of the molecule is CC1CN(C(=O)N(CC(=O)O)C2CCCC2)CC1N(C)C. The summed E-state index contributed by atoms with van der Waals surface area (Å²) in [7, 11) is 4.06. The summed E-state index contributed by atoms with van der Waals surface area (Å²) in [5.74, 6) is -0.508. The summed E-state index contributed by atoms with van der Waals surface area (Å²) in [4.78, 5) is 29.4. The second-order valence-electron chi connectivity index (χ2n) is 6.66. The molecule has 2 unspecified atom stereocenters. The Morgan fingerprint density at radius 3 is 2.29 bits per heavy atom. The Hall–Kier alpha value is -1.30. The first-order valence-electron chi connectivity index (χ1n) is 7.84. The van der Waals surface area contributed by atoms with Crippen LogP contribution in [0.2, 0.25) is 0 Å². The summed E-state index contributed by atoms with van der Waals surface area (Å²) in [6.07, 6.45) is 4.04. The molecular weight excluding hydrogens is 270 g/mol. The molecule has 0 aromatic heterocycles. The van der Waals surface area contributed by atoms with Crippen LogP contribution in [0.4, 0.5) is 4.79 Å². The van der Waals surface area contributed by atoms with Crippen molar-refractivity contribution < 1.29 is 14.7 Å². The minimum Gasteiger partial charge on any atom is -0.480 e. The van der Waals surface area contributed by atoms with E-state index in [1.807, 2.05) is 19.0 Å². The number of carbonyl (C=O) groups excluding carboxylic acids is 1. The number of amides is 2. The van der Waals surface area contributed by atoms with Crippen molar-refractivity contribution in [3.05, 3.63) is 0 Å². The quantitative estimate of drug-likeness (QED) is 0.850. The normalized spacial score (nSPS) is 26.6. The maximum atomic E-state index is 12.8. The summed E-state index contributed by atoms with van der Waals surface area (Å²) in [5, 5.41) is 9.11. The van der Waals surface area contributed by atoms with Crippen LogP contribution >= 0.6 is 0 Å². The molecule has 1 heterocycles. The molecule has 2 atom stereocenters. The first-order chi connectivity index (χ1) is 9.90. The molecule has 120 valence electrons. The average molecular weight is 297 g/mol. The molecule has 2 amide bonds. The highest BCUT2D eigenvalue weighted by atomic mass is 16.4. The number of carboxylic acid groups (broad SMARTS) is 1. The van der Waals surface area contributed by atoms with Gasteiger partial charge in [-0.15, -0.1) is 0 Å². The van der Waals surface area contributed by atoms with Gasteiger partial charge in [0.15, 0.2) is 0 Å². The number of nitrogens with zero attached hydrogens (tertiary/aromatic N) is 3. The monoisotopic (exact) mass is 297 g/mol. The lowest BCUT2D eigenvalue weighted by Crippen LogP contribution is -2.49. The summed E-state index contributed by atoms with van der Waals surface area (Å²) < 4.78 is 0. The number of carbonyl (C=O) groups is 2. The molecule has 2 aliphatic rings. The zero-order valence-electron chi connectivity index (χ0n) is 13.3. The van der Waals surface area contributed by atoms with Crippen LogP contribution in [0.25, 0.3) is 0 Å². The maximum absolute atomic E-state index is 12.8. The molecule has 1 N–H and O–H groups in total. The Labute approximate surface area is 126 Å². The minimum atomic E-state index is -0.924. The zero-order valence-corrected chi connectivity index (χ0v) is 13.3. The van der Waals surface area contributed by atoms with E-state index in [4.69, 9.17) is 5.11 Å². The van der Waals surface area contributed by atoms with E-state index in [0.29, 0.717) is 25.0 Å². The number of carboxylic acids is 1. The van der Waals surface area contributed by atoms with Gasteiger partial charge in [0, 0.05) is 25.2 Å². The van der Waals surface area contributed by atoms with Crippen LogP contribution in [-0.2, 0) is 4.79 Å². The largest absolute Gasteiger partial charge is 0.480 e. The van der Waals surface area contributed by atoms with Crippen molar-refractivity contribution in [2.75, 3.05) is 33.7 Å². The summed E-state index contributed by atoms with van der Waals surface area (Å²) in [6, 6.07) is 0.354. The highest BCUT2D eigenvalue weighted by Crippen LogP contribution is 2.27. The van der Waals surface area contributed by atoms with Gasteiger partial charge in [0.2, 0.25) is 0 Å². The van der Waals surface area contributed by atoms with Crippen LogP contribution in [0.15, 0.2) is 0 Å². The van der Waals surface area contributed by atoms with Crippen molar-refractivity contribution in [2.24, 2.45) is 5.92 Å². The Morgan fingerprint density at radius 2 is 1.81 bits per heavy atom. The van der Waals surface area contributed by atoms with Gasteiger partial charge in [0.05, 0.1) is 0 Å².